The first kappa shape index (κ1) is 20.3. The van der Waals surface area contributed by atoms with E-state index in [1.165, 1.54) is 12.1 Å². The molecule has 0 amide bonds. The number of aryl methyl sites for hydroxylation is 2. The molecule has 1 aromatic carbocycles. The molecule has 0 atom stereocenters. The zero-order valence-electron chi connectivity index (χ0n) is 15.6. The Bertz CT molecular complexity index is 681. The van der Waals surface area contributed by atoms with Crippen LogP contribution in [0, 0.1) is 19.7 Å². The number of halogens is 1. The van der Waals surface area contributed by atoms with Crippen molar-refractivity contribution in [1.29, 1.82) is 0 Å². The van der Waals surface area contributed by atoms with Gasteiger partial charge in [0.05, 0.1) is 5.69 Å². The number of nitrogens with one attached hydrogen (secondary N) is 2. The smallest absolute Gasteiger partial charge is 0.191 e. The molecule has 26 heavy (non-hydrogen) atoms. The summed E-state index contributed by atoms with van der Waals surface area (Å²) in [7, 11) is 0. The minimum atomic E-state index is -0.197. The topological polar surface area (TPSA) is 62.5 Å². The lowest BCUT2D eigenvalue weighted by molar-refractivity contribution is 0.392. The van der Waals surface area contributed by atoms with Gasteiger partial charge in [-0.3, -0.25) is 4.99 Å². The highest BCUT2D eigenvalue weighted by molar-refractivity contribution is 7.99. The zero-order valence-corrected chi connectivity index (χ0v) is 16.5. The molecule has 2 N–H and O–H groups in total. The van der Waals surface area contributed by atoms with Crippen LogP contribution in [0.15, 0.2) is 38.7 Å². The van der Waals surface area contributed by atoms with Crippen molar-refractivity contribution < 1.29 is 8.91 Å². The molecule has 5 nitrogen and oxygen atoms in total. The maximum Gasteiger partial charge on any atom is 0.191 e. The number of aliphatic imine (C=N–C) groups is 1. The lowest BCUT2D eigenvalue weighted by Crippen LogP contribution is -2.38. The number of rotatable bonds is 9. The molecule has 0 saturated carbocycles. The number of benzene rings is 1. The van der Waals surface area contributed by atoms with Crippen LogP contribution in [0.1, 0.15) is 30.4 Å². The molecule has 0 unspecified atom stereocenters. The van der Waals surface area contributed by atoms with Crippen molar-refractivity contribution in [3.05, 3.63) is 47.1 Å². The van der Waals surface area contributed by atoms with Crippen molar-refractivity contribution in [3.63, 3.8) is 0 Å². The Hall–Kier alpha value is -2.02. The largest absolute Gasteiger partial charge is 0.361 e. The van der Waals surface area contributed by atoms with Crippen LogP contribution in [0.5, 0.6) is 0 Å². The van der Waals surface area contributed by atoms with Crippen LogP contribution in [0.4, 0.5) is 4.39 Å². The van der Waals surface area contributed by atoms with E-state index >= 15 is 0 Å². The van der Waals surface area contributed by atoms with Crippen molar-refractivity contribution in [3.8, 4) is 0 Å². The zero-order chi connectivity index (χ0) is 18.8. The molecule has 2 rings (SSSR count). The third-order valence-electron chi connectivity index (χ3n) is 3.85. The highest BCUT2D eigenvalue weighted by atomic mass is 32.2. The number of nitrogens with zero attached hydrogens (tertiary/aromatic N) is 2. The summed E-state index contributed by atoms with van der Waals surface area (Å²) < 4.78 is 18.1. The SMILES string of the molecule is CCNC(=NCCCSc1ccc(F)cc1)NCCc1c(C)noc1C. The molecule has 0 fully saturated rings. The predicted octanol–water partition coefficient (Wildman–Crippen LogP) is 3.71. The molecular formula is C19H27FN4OS. The Morgan fingerprint density at radius 2 is 2.00 bits per heavy atom. The lowest BCUT2D eigenvalue weighted by Gasteiger charge is -2.11. The van der Waals surface area contributed by atoms with Crippen LogP contribution < -0.4 is 10.6 Å². The second kappa shape index (κ2) is 10.9. The van der Waals surface area contributed by atoms with Gasteiger partial charge in [-0.2, -0.15) is 0 Å². The predicted molar refractivity (Wildman–Crippen MR) is 105 cm³/mol. The fraction of sp³-hybridized carbons (Fsp3) is 0.474. The summed E-state index contributed by atoms with van der Waals surface area (Å²) in [6, 6.07) is 6.60. The van der Waals surface area contributed by atoms with Crippen molar-refractivity contribution in [2.45, 2.75) is 38.5 Å². The molecule has 0 aliphatic carbocycles. The number of guanidine groups is 1. The maximum absolute atomic E-state index is 12.9. The van der Waals surface area contributed by atoms with Gasteiger partial charge in [-0.05, 0) is 63.6 Å². The van der Waals surface area contributed by atoms with E-state index in [2.05, 4.69) is 27.7 Å². The van der Waals surface area contributed by atoms with Crippen LogP contribution in [-0.4, -0.2) is 36.5 Å². The van der Waals surface area contributed by atoms with E-state index in [1.54, 1.807) is 11.8 Å². The average Bonchev–Trinajstić information content (AvgIpc) is 2.95. The summed E-state index contributed by atoms with van der Waals surface area (Å²) in [6.45, 7) is 8.29. The number of thioether (sulfide) groups is 1. The molecule has 7 heteroatoms. The van der Waals surface area contributed by atoms with Gasteiger partial charge < -0.3 is 15.2 Å². The molecule has 1 heterocycles. The summed E-state index contributed by atoms with van der Waals surface area (Å²) in [5, 5.41) is 10.6. The van der Waals surface area contributed by atoms with Crippen molar-refractivity contribution in [2.75, 3.05) is 25.4 Å². The van der Waals surface area contributed by atoms with Gasteiger partial charge in [-0.25, -0.2) is 4.39 Å². The first-order valence-corrected chi connectivity index (χ1v) is 9.91. The maximum atomic E-state index is 12.9. The van der Waals surface area contributed by atoms with E-state index < -0.39 is 0 Å². The van der Waals surface area contributed by atoms with E-state index in [0.29, 0.717) is 0 Å². The molecule has 142 valence electrons. The third-order valence-corrected chi connectivity index (χ3v) is 4.95. The molecular weight excluding hydrogens is 351 g/mol. The van der Waals surface area contributed by atoms with E-state index in [0.717, 1.165) is 66.1 Å². The van der Waals surface area contributed by atoms with Gasteiger partial charge in [0.15, 0.2) is 5.96 Å². The second-order valence-corrected chi connectivity index (χ2v) is 7.06. The Balaban J connectivity index is 1.71. The lowest BCUT2D eigenvalue weighted by atomic mass is 10.1. The Kier molecular flexibility index (Phi) is 8.47. The molecule has 0 aliphatic heterocycles. The first-order valence-electron chi connectivity index (χ1n) is 8.92. The molecule has 0 spiro atoms. The van der Waals surface area contributed by atoms with Crippen LogP contribution in [0.2, 0.25) is 0 Å². The summed E-state index contributed by atoms with van der Waals surface area (Å²) in [5.74, 6) is 2.46. The first-order chi connectivity index (χ1) is 12.6. The van der Waals surface area contributed by atoms with E-state index in [4.69, 9.17) is 4.52 Å². The summed E-state index contributed by atoms with van der Waals surface area (Å²) in [4.78, 5) is 5.69. The fourth-order valence-corrected chi connectivity index (χ4v) is 3.32. The minimum Gasteiger partial charge on any atom is -0.361 e. The molecule has 0 saturated heterocycles. The Morgan fingerprint density at radius 1 is 1.23 bits per heavy atom. The quantitative estimate of drug-likeness (QED) is 0.301. The van der Waals surface area contributed by atoms with Crippen molar-refractivity contribution in [1.82, 2.24) is 15.8 Å². The fourth-order valence-electron chi connectivity index (χ4n) is 2.48. The molecule has 0 bridgehead atoms. The summed E-state index contributed by atoms with van der Waals surface area (Å²) in [6.07, 6.45) is 1.81. The van der Waals surface area contributed by atoms with Gasteiger partial charge in [0.25, 0.3) is 0 Å². The second-order valence-electron chi connectivity index (χ2n) is 5.90. The average molecular weight is 379 g/mol. The number of aromatic nitrogens is 1. The standard InChI is InChI=1S/C19H27FN4OS/c1-4-21-19(23-12-10-18-14(2)24-25-15(18)3)22-11-5-13-26-17-8-6-16(20)7-9-17/h6-9H,4-5,10-13H2,1-3H3,(H2,21,22,23). The number of hydrogen-bond acceptors (Lipinski definition) is 4. The van der Waals surface area contributed by atoms with Crippen LogP contribution in [0.25, 0.3) is 0 Å². The molecule has 0 radical (unpaired) electrons. The monoisotopic (exact) mass is 378 g/mol. The summed E-state index contributed by atoms with van der Waals surface area (Å²) in [5.41, 5.74) is 2.10. The van der Waals surface area contributed by atoms with Crippen molar-refractivity contribution >= 4 is 17.7 Å². The molecule has 2 aromatic rings. The summed E-state index contributed by atoms with van der Waals surface area (Å²) >= 11 is 1.72. The molecule has 1 aromatic heterocycles. The normalized spacial score (nSPS) is 11.6. The van der Waals surface area contributed by atoms with Gasteiger partial charge in [0, 0.05) is 30.1 Å². The number of hydrogen-bond donors (Lipinski definition) is 2. The Morgan fingerprint density at radius 3 is 2.65 bits per heavy atom. The van der Waals surface area contributed by atoms with Gasteiger partial charge in [0.1, 0.15) is 11.6 Å². The van der Waals surface area contributed by atoms with Gasteiger partial charge in [0.2, 0.25) is 0 Å². The third kappa shape index (κ3) is 6.71. The highest BCUT2D eigenvalue weighted by Gasteiger charge is 2.08. The molecule has 0 aliphatic rings. The van der Waals surface area contributed by atoms with Gasteiger partial charge >= 0.3 is 0 Å². The van der Waals surface area contributed by atoms with E-state index in [1.807, 2.05) is 26.0 Å². The van der Waals surface area contributed by atoms with Crippen LogP contribution in [-0.2, 0) is 6.42 Å². The Labute approximate surface area is 158 Å². The van der Waals surface area contributed by atoms with E-state index in [-0.39, 0.29) is 5.82 Å². The van der Waals surface area contributed by atoms with Crippen molar-refractivity contribution in [2.24, 2.45) is 4.99 Å². The highest BCUT2D eigenvalue weighted by Crippen LogP contribution is 2.18. The van der Waals surface area contributed by atoms with E-state index in [9.17, 15) is 4.39 Å². The van der Waals surface area contributed by atoms with Crippen LogP contribution >= 0.6 is 11.8 Å². The van der Waals surface area contributed by atoms with Crippen LogP contribution in [0.3, 0.4) is 0 Å². The minimum absolute atomic E-state index is 0.197. The van der Waals surface area contributed by atoms with Gasteiger partial charge in [-0.15, -0.1) is 11.8 Å². The van der Waals surface area contributed by atoms with Gasteiger partial charge in [-0.1, -0.05) is 5.16 Å².